The van der Waals surface area contributed by atoms with E-state index in [1.807, 2.05) is 0 Å². The predicted molar refractivity (Wildman–Crippen MR) is 141 cm³/mol. The van der Waals surface area contributed by atoms with E-state index in [0.717, 1.165) is 22.9 Å². The Morgan fingerprint density at radius 1 is 0.412 bits per heavy atom. The minimum atomic E-state index is 0.136. The first-order valence-corrected chi connectivity index (χ1v) is 11.7. The number of para-hydroxylation sites is 2. The molecule has 0 radical (unpaired) electrons. The first kappa shape index (κ1) is 18.0. The zero-order valence-electron chi connectivity index (χ0n) is 18.3. The molecule has 5 aromatic rings. The first-order valence-electron chi connectivity index (χ1n) is 11.7. The number of ether oxygens (including phenoxy) is 1. The Hall–Kier alpha value is -4.44. The fraction of sp³-hybridized carbons (Fsp3) is 0. The number of benzene rings is 5. The SMILES string of the molecule is c1ccc(N2c3cccc4c3B3c5c(cccc5N(c5ccccc5)c5cccc2c53)O4)cc1. The Balaban J connectivity index is 1.52. The van der Waals surface area contributed by atoms with E-state index >= 15 is 0 Å². The van der Waals surface area contributed by atoms with E-state index in [4.69, 9.17) is 4.74 Å². The van der Waals surface area contributed by atoms with Crippen LogP contribution in [0, 0.1) is 0 Å². The summed E-state index contributed by atoms with van der Waals surface area (Å²) in [6.07, 6.45) is 0. The Kier molecular flexibility index (Phi) is 3.48. The molecule has 0 fully saturated rings. The van der Waals surface area contributed by atoms with Gasteiger partial charge in [0, 0.05) is 34.1 Å². The molecule has 0 spiro atoms. The number of hydrogen-bond acceptors (Lipinski definition) is 3. The smallest absolute Gasteiger partial charge is 0.261 e. The standard InChI is InChI=1S/C30H19BN2O/c1-3-10-20(11-4-1)32-22-14-7-15-23-28(22)31-29-24(32)16-8-18-26(29)34-27-19-9-17-25(30(27)31)33(23)21-12-5-2-6-13-21/h1-19H. The molecule has 34 heavy (non-hydrogen) atoms. The lowest BCUT2D eigenvalue weighted by molar-refractivity contribution is 0.487. The Bertz CT molecular complexity index is 1480. The van der Waals surface area contributed by atoms with Gasteiger partial charge in [0.15, 0.2) is 0 Å². The minimum absolute atomic E-state index is 0.136. The highest BCUT2D eigenvalue weighted by molar-refractivity contribution is 7.01. The highest BCUT2D eigenvalue weighted by atomic mass is 16.5. The highest BCUT2D eigenvalue weighted by Gasteiger charge is 2.47. The maximum Gasteiger partial charge on any atom is 0.261 e. The van der Waals surface area contributed by atoms with Crippen LogP contribution in [0.25, 0.3) is 0 Å². The second kappa shape index (κ2) is 6.55. The molecule has 3 aliphatic rings. The van der Waals surface area contributed by atoms with Crippen molar-refractivity contribution in [1.82, 2.24) is 0 Å². The fourth-order valence-electron chi connectivity index (χ4n) is 5.96. The third-order valence-corrected chi connectivity index (χ3v) is 7.22. The molecule has 0 aliphatic carbocycles. The summed E-state index contributed by atoms with van der Waals surface area (Å²) in [5, 5.41) is 0. The second-order valence-electron chi connectivity index (χ2n) is 8.96. The van der Waals surface area contributed by atoms with Crippen LogP contribution in [-0.4, -0.2) is 6.71 Å². The van der Waals surface area contributed by atoms with Crippen LogP contribution < -0.4 is 30.9 Å². The van der Waals surface area contributed by atoms with Crippen LogP contribution in [0.3, 0.4) is 0 Å². The molecule has 0 atom stereocenters. The van der Waals surface area contributed by atoms with Gasteiger partial charge in [0.2, 0.25) is 0 Å². The summed E-state index contributed by atoms with van der Waals surface area (Å²) < 4.78 is 6.56. The first-order chi connectivity index (χ1) is 16.9. The van der Waals surface area contributed by atoms with Crippen molar-refractivity contribution in [3.8, 4) is 11.5 Å². The van der Waals surface area contributed by atoms with Crippen molar-refractivity contribution in [2.75, 3.05) is 9.80 Å². The predicted octanol–water partition coefficient (Wildman–Crippen LogP) is 5.87. The van der Waals surface area contributed by atoms with Crippen LogP contribution in [-0.2, 0) is 0 Å². The van der Waals surface area contributed by atoms with Gasteiger partial charge in [0.05, 0.1) is 0 Å². The van der Waals surface area contributed by atoms with Crippen LogP contribution in [0.15, 0.2) is 115 Å². The van der Waals surface area contributed by atoms with Crippen LogP contribution >= 0.6 is 0 Å². The van der Waals surface area contributed by atoms with Gasteiger partial charge in [-0.1, -0.05) is 54.6 Å². The summed E-state index contributed by atoms with van der Waals surface area (Å²) in [4.78, 5) is 4.78. The lowest BCUT2D eigenvalue weighted by Crippen LogP contribution is -2.63. The average Bonchev–Trinajstić information content (AvgIpc) is 2.90. The van der Waals surface area contributed by atoms with Crippen molar-refractivity contribution in [2.24, 2.45) is 0 Å². The monoisotopic (exact) mass is 434 g/mol. The maximum atomic E-state index is 6.56. The van der Waals surface area contributed by atoms with Gasteiger partial charge in [-0.25, -0.2) is 0 Å². The van der Waals surface area contributed by atoms with Gasteiger partial charge in [-0.3, -0.25) is 0 Å². The third-order valence-electron chi connectivity index (χ3n) is 7.22. The van der Waals surface area contributed by atoms with E-state index < -0.39 is 0 Å². The van der Waals surface area contributed by atoms with Crippen LogP contribution in [0.5, 0.6) is 11.5 Å². The Morgan fingerprint density at radius 3 is 1.29 bits per heavy atom. The van der Waals surface area contributed by atoms with E-state index in [-0.39, 0.29) is 6.71 Å². The van der Waals surface area contributed by atoms with Crippen molar-refractivity contribution in [2.45, 2.75) is 0 Å². The molecule has 3 heterocycles. The zero-order chi connectivity index (χ0) is 22.2. The van der Waals surface area contributed by atoms with E-state index in [1.165, 1.54) is 39.1 Å². The van der Waals surface area contributed by atoms with Crippen LogP contribution in [0.1, 0.15) is 0 Å². The molecule has 8 rings (SSSR count). The largest absolute Gasteiger partial charge is 0.458 e. The van der Waals surface area contributed by atoms with E-state index in [0.29, 0.717) is 0 Å². The lowest BCUT2D eigenvalue weighted by atomic mass is 9.32. The molecular weight excluding hydrogens is 415 g/mol. The van der Waals surface area contributed by atoms with E-state index in [2.05, 4.69) is 125 Å². The Morgan fingerprint density at radius 2 is 0.824 bits per heavy atom. The summed E-state index contributed by atoms with van der Waals surface area (Å²) in [7, 11) is 0. The Labute approximate surface area is 198 Å². The van der Waals surface area contributed by atoms with Crippen molar-refractivity contribution in [1.29, 1.82) is 0 Å². The molecule has 3 nitrogen and oxygen atoms in total. The van der Waals surface area contributed by atoms with Gasteiger partial charge in [0.1, 0.15) is 11.5 Å². The average molecular weight is 434 g/mol. The second-order valence-corrected chi connectivity index (χ2v) is 8.96. The summed E-state index contributed by atoms with van der Waals surface area (Å²) in [5.41, 5.74) is 11.0. The van der Waals surface area contributed by atoms with Crippen LogP contribution in [0.4, 0.5) is 34.1 Å². The molecule has 3 aliphatic heterocycles. The van der Waals surface area contributed by atoms with Crippen LogP contribution in [0.2, 0.25) is 0 Å². The number of hydrogen-bond donors (Lipinski definition) is 0. The molecular formula is C30H19BN2O. The quantitative estimate of drug-likeness (QED) is 0.316. The topological polar surface area (TPSA) is 15.7 Å². The fourth-order valence-corrected chi connectivity index (χ4v) is 5.96. The summed E-state index contributed by atoms with van der Waals surface area (Å²) >= 11 is 0. The summed E-state index contributed by atoms with van der Waals surface area (Å²) in [6, 6.07) is 40.8. The molecule has 0 saturated heterocycles. The number of rotatable bonds is 2. The minimum Gasteiger partial charge on any atom is -0.458 e. The molecule has 0 bridgehead atoms. The van der Waals surface area contributed by atoms with Gasteiger partial charge >= 0.3 is 0 Å². The molecule has 0 unspecified atom stereocenters. The van der Waals surface area contributed by atoms with Gasteiger partial charge in [-0.15, -0.1) is 0 Å². The van der Waals surface area contributed by atoms with Crippen molar-refractivity contribution in [3.05, 3.63) is 115 Å². The third kappa shape index (κ3) is 2.22. The molecule has 158 valence electrons. The van der Waals surface area contributed by atoms with Crippen molar-refractivity contribution < 1.29 is 4.74 Å². The van der Waals surface area contributed by atoms with E-state index in [9.17, 15) is 0 Å². The van der Waals surface area contributed by atoms with Gasteiger partial charge in [-0.2, -0.15) is 0 Å². The lowest BCUT2D eigenvalue weighted by Gasteiger charge is -2.46. The van der Waals surface area contributed by atoms with Gasteiger partial charge in [0.25, 0.3) is 6.71 Å². The maximum absolute atomic E-state index is 6.56. The molecule has 0 N–H and O–H groups in total. The number of nitrogens with zero attached hydrogens (tertiary/aromatic N) is 2. The van der Waals surface area contributed by atoms with E-state index in [1.54, 1.807) is 0 Å². The zero-order valence-corrected chi connectivity index (χ0v) is 18.3. The molecule has 4 heteroatoms. The molecule has 0 aromatic heterocycles. The number of anilines is 6. The summed E-state index contributed by atoms with van der Waals surface area (Å²) in [5.74, 6) is 1.89. The van der Waals surface area contributed by atoms with Gasteiger partial charge < -0.3 is 14.5 Å². The van der Waals surface area contributed by atoms with Crippen molar-refractivity contribution in [3.63, 3.8) is 0 Å². The highest BCUT2D eigenvalue weighted by Crippen LogP contribution is 2.47. The van der Waals surface area contributed by atoms with Gasteiger partial charge in [-0.05, 0) is 77.1 Å². The molecule has 0 saturated carbocycles. The normalized spacial score (nSPS) is 13.9. The molecule has 5 aromatic carbocycles. The molecule has 0 amide bonds. The van der Waals surface area contributed by atoms with Crippen molar-refractivity contribution >= 4 is 57.2 Å². The summed E-state index contributed by atoms with van der Waals surface area (Å²) in [6.45, 7) is 0.136.